The summed E-state index contributed by atoms with van der Waals surface area (Å²) in [5.41, 5.74) is 14.0. The highest BCUT2D eigenvalue weighted by molar-refractivity contribution is 6.12. The molecule has 3 heterocycles. The molecule has 470 valence electrons. The normalized spacial score (nSPS) is 10.1. The Morgan fingerprint density at radius 3 is 1.22 bits per heavy atom. The molecule has 4 amide bonds. The minimum absolute atomic E-state index is 0. The molecule has 17 nitrogen and oxygen atoms in total. The van der Waals surface area contributed by atoms with Gasteiger partial charge in [0.25, 0.3) is 0 Å². The van der Waals surface area contributed by atoms with Gasteiger partial charge in [-0.2, -0.15) is 10.5 Å². The van der Waals surface area contributed by atoms with E-state index in [1.807, 2.05) is 26.8 Å². The molecule has 0 bridgehead atoms. The van der Waals surface area contributed by atoms with Crippen molar-refractivity contribution in [2.24, 2.45) is 4.99 Å². The third kappa shape index (κ3) is 20.3. The van der Waals surface area contributed by atoms with Crippen LogP contribution in [0.2, 0.25) is 0 Å². The van der Waals surface area contributed by atoms with Crippen LogP contribution in [-0.4, -0.2) is 80.5 Å². The Kier molecular flexibility index (Phi) is 28.4. The largest absolute Gasteiger partial charge is 0.496 e. The van der Waals surface area contributed by atoms with Crippen LogP contribution in [0.1, 0.15) is 70.8 Å². The third-order valence-corrected chi connectivity index (χ3v) is 13.3. The number of halogens is 4. The Morgan fingerprint density at radius 1 is 0.554 bits per heavy atom. The predicted molar refractivity (Wildman–Crippen MR) is 356 cm³/mol. The standard InChI is InChI=1S/C24H22FN3O2.C23H21FN4O2.C20H16FN3O.C4H7NO.ClH/c1-4-16-7-6-8-18(13-16)22-20(30-3)11-10-19(23(22)25)14-17-9-12-21(27-15-17)28-24(29)26-5-2;1-3-26-23(29)28-20-10-7-16(14-27-20)12-18-8-9-19(30-2)21(22(18)24)17-6-4-5-15(11-17)13-25;1-25-17-7-6-16(10-14-5-8-18(23)24-12-14)20(21)19(17)15-4-2-3-13(9-15)11-22;1-2-5-3-4-6;/h1,6-13,15H,5,14H2,2-3H3,(H2,26,27,28,29);4-11,14H,3,12H2,1-2H3,(H2,26,27,28,29);2-9,12H,10H2,1H3,(H2,23,24);3-4H,2H2,1H3;1H. The molecule has 0 fully saturated rings. The lowest BCUT2D eigenvalue weighted by Crippen LogP contribution is -2.28. The van der Waals surface area contributed by atoms with Crippen LogP contribution in [0.15, 0.2) is 169 Å². The fourth-order valence-corrected chi connectivity index (χ4v) is 8.98. The zero-order valence-corrected chi connectivity index (χ0v) is 52.1. The number of nitrogens with one attached hydrogen (secondary N) is 4. The number of urea groups is 2. The van der Waals surface area contributed by atoms with Gasteiger partial charge in [0.05, 0.1) is 67.5 Å². The van der Waals surface area contributed by atoms with Gasteiger partial charge in [-0.15, -0.1) is 18.8 Å². The van der Waals surface area contributed by atoms with Crippen molar-refractivity contribution in [1.82, 2.24) is 25.6 Å². The van der Waals surface area contributed by atoms with Crippen LogP contribution in [0.5, 0.6) is 17.2 Å². The monoisotopic (exact) mass is 1260 g/mol. The number of carbonyl (C=O) groups excluding carboxylic acids is 3. The Labute approximate surface area is 539 Å². The van der Waals surface area contributed by atoms with Crippen LogP contribution < -0.4 is 41.2 Å². The Bertz CT molecular complexity index is 3940. The topological polar surface area (TPSA) is 252 Å². The first-order valence-corrected chi connectivity index (χ1v) is 28.4. The first kappa shape index (κ1) is 71.2. The molecule has 0 radical (unpaired) electrons. The summed E-state index contributed by atoms with van der Waals surface area (Å²) < 4.78 is 62.1. The van der Waals surface area contributed by atoms with Crippen LogP contribution in [0.25, 0.3) is 33.4 Å². The smallest absolute Gasteiger partial charge is 0.320 e. The fraction of sp³-hybridized carbons (Fsp3) is 0.169. The molecule has 9 rings (SSSR count). The number of aliphatic imine (C=N–C) groups is 1. The summed E-state index contributed by atoms with van der Waals surface area (Å²) in [6.45, 7) is 7.26. The number of amides is 4. The number of hydrogen-bond donors (Lipinski definition) is 5. The number of rotatable bonds is 18. The lowest BCUT2D eigenvalue weighted by molar-refractivity contribution is -0.102. The minimum atomic E-state index is -0.408. The number of nitrogen functional groups attached to an aromatic ring is 1. The molecule has 0 unspecified atom stereocenters. The summed E-state index contributed by atoms with van der Waals surface area (Å²) >= 11 is 0. The maximum Gasteiger partial charge on any atom is 0.320 e. The molecule has 0 saturated heterocycles. The summed E-state index contributed by atoms with van der Waals surface area (Å²) in [5.74, 6) is 3.93. The second kappa shape index (κ2) is 36.7. The second-order valence-electron chi connectivity index (χ2n) is 19.4. The number of hydrogen-bond acceptors (Lipinski definition) is 13. The van der Waals surface area contributed by atoms with Gasteiger partial charge in [0.15, 0.2) is 6.29 Å². The van der Waals surface area contributed by atoms with Crippen molar-refractivity contribution < 1.29 is 41.8 Å². The maximum atomic E-state index is 15.4. The van der Waals surface area contributed by atoms with Crippen molar-refractivity contribution in [2.75, 3.05) is 57.3 Å². The number of methoxy groups -OCH3 is 3. The molecule has 21 heteroatoms. The van der Waals surface area contributed by atoms with Gasteiger partial charge in [0.2, 0.25) is 0 Å². The van der Waals surface area contributed by atoms with E-state index in [1.165, 1.54) is 27.5 Å². The molecule has 0 spiro atoms. The number of nitrogens with two attached hydrogens (primary N) is 1. The van der Waals surface area contributed by atoms with Crippen molar-refractivity contribution in [3.05, 3.63) is 232 Å². The summed E-state index contributed by atoms with van der Waals surface area (Å²) in [6.07, 6.45) is 13.3. The summed E-state index contributed by atoms with van der Waals surface area (Å²) in [5, 5.41) is 28.7. The number of pyridine rings is 3. The molecule has 0 aliphatic rings. The highest BCUT2D eigenvalue weighted by Crippen LogP contribution is 2.38. The molecule has 3 aromatic heterocycles. The zero-order valence-electron chi connectivity index (χ0n) is 51.3. The molecular weight excluding hydrogens is 1200 g/mol. The van der Waals surface area contributed by atoms with Crippen LogP contribution in [-0.2, 0) is 24.1 Å². The second-order valence-corrected chi connectivity index (χ2v) is 19.4. The number of nitrogens with zero attached hydrogens (tertiary/aromatic N) is 6. The van der Waals surface area contributed by atoms with E-state index in [2.05, 4.69) is 59.3 Å². The van der Waals surface area contributed by atoms with Gasteiger partial charge >= 0.3 is 12.1 Å². The summed E-state index contributed by atoms with van der Waals surface area (Å²) in [7, 11) is 4.49. The number of aldehydes is 1. The third-order valence-electron chi connectivity index (χ3n) is 13.3. The number of terminal acetylenes is 1. The van der Waals surface area contributed by atoms with E-state index < -0.39 is 5.82 Å². The summed E-state index contributed by atoms with van der Waals surface area (Å²) in [6, 6.07) is 44.9. The van der Waals surface area contributed by atoms with Crippen LogP contribution in [0, 0.1) is 52.5 Å². The number of ether oxygens (including phenoxy) is 3. The molecule has 6 N–H and O–H groups in total. The van der Waals surface area contributed by atoms with Crippen LogP contribution in [0.3, 0.4) is 0 Å². The van der Waals surface area contributed by atoms with E-state index >= 15 is 13.2 Å². The first-order valence-electron chi connectivity index (χ1n) is 28.4. The zero-order chi connectivity index (χ0) is 65.7. The van der Waals surface area contributed by atoms with Crippen molar-refractivity contribution in [1.29, 1.82) is 10.5 Å². The number of nitriles is 2. The Balaban J connectivity index is 0.000000239. The molecule has 0 aliphatic carbocycles. The van der Waals surface area contributed by atoms with Gasteiger partial charge in [-0.3, -0.25) is 20.4 Å². The summed E-state index contributed by atoms with van der Waals surface area (Å²) in [4.78, 5) is 48.6. The Hall–Kier alpha value is -11.5. The molecule has 6 aromatic carbocycles. The average molecular weight is 1260 g/mol. The minimum Gasteiger partial charge on any atom is -0.496 e. The SMILES string of the molecule is C#Cc1cccc(-c2c(OC)ccc(Cc3ccc(NC(=O)NCC)nc3)c2F)c1.CCN=CC=O.CCNC(=O)Nc1ccc(Cc2ccc(OC)c(-c3cccc(C#N)c3)c2F)cn1.COc1ccc(Cc2ccc(N)nc2)c(F)c1-c1cccc(C#N)c1.Cl. The number of anilines is 3. The van der Waals surface area contributed by atoms with Crippen LogP contribution >= 0.6 is 12.4 Å². The number of carbonyl (C=O) groups is 3. The lowest BCUT2D eigenvalue weighted by Gasteiger charge is -2.14. The molecule has 0 aliphatic heterocycles. The predicted octanol–water partition coefficient (Wildman–Crippen LogP) is 13.7. The maximum absolute atomic E-state index is 15.4. The van der Waals surface area contributed by atoms with Gasteiger partial charge < -0.3 is 30.6 Å². The van der Waals surface area contributed by atoms with Gasteiger partial charge in [0.1, 0.15) is 52.2 Å². The van der Waals surface area contributed by atoms with Gasteiger partial charge in [-0.1, -0.05) is 78.7 Å². The highest BCUT2D eigenvalue weighted by Gasteiger charge is 2.20. The molecule has 0 atom stereocenters. The van der Waals surface area contributed by atoms with Crippen molar-refractivity contribution in [3.8, 4) is 75.1 Å². The van der Waals surface area contributed by atoms with E-state index in [1.54, 1.807) is 158 Å². The molecule has 9 aromatic rings. The van der Waals surface area contributed by atoms with Gasteiger partial charge in [-0.25, -0.2) is 37.7 Å². The fourth-order valence-electron chi connectivity index (χ4n) is 8.98. The highest BCUT2D eigenvalue weighted by atomic mass is 35.5. The van der Waals surface area contributed by atoms with Crippen molar-refractivity contribution >= 4 is 54.4 Å². The molecular formula is C71H67ClF3N11O6. The first-order chi connectivity index (χ1) is 44.1. The van der Waals surface area contributed by atoms with Crippen molar-refractivity contribution in [3.63, 3.8) is 0 Å². The number of benzene rings is 6. The van der Waals surface area contributed by atoms with E-state index in [0.717, 1.165) is 16.7 Å². The van der Waals surface area contributed by atoms with E-state index in [9.17, 15) is 14.4 Å². The lowest BCUT2D eigenvalue weighted by atomic mass is 9.96. The van der Waals surface area contributed by atoms with Crippen molar-refractivity contribution in [2.45, 2.75) is 40.0 Å². The van der Waals surface area contributed by atoms with Crippen LogP contribution in [0.4, 0.5) is 40.2 Å². The number of aromatic nitrogens is 3. The quantitative estimate of drug-likeness (QED) is 0.0306. The van der Waals surface area contributed by atoms with Gasteiger partial charge in [0, 0.05) is 63.1 Å². The van der Waals surface area contributed by atoms with E-state index in [-0.39, 0.29) is 36.1 Å². The molecule has 92 heavy (non-hydrogen) atoms. The Morgan fingerprint density at radius 2 is 0.924 bits per heavy atom. The van der Waals surface area contributed by atoms with E-state index in [4.69, 9.17) is 36.9 Å². The van der Waals surface area contributed by atoms with Gasteiger partial charge in [-0.05, 0) is 144 Å². The average Bonchev–Trinajstić information content (AvgIpc) is 0.953. The van der Waals surface area contributed by atoms with E-state index in [0.29, 0.717) is 147 Å². The molecule has 0 saturated carbocycles.